The summed E-state index contributed by atoms with van der Waals surface area (Å²) in [5.74, 6) is 0.0956. The molecule has 0 spiro atoms. The summed E-state index contributed by atoms with van der Waals surface area (Å²) in [6.45, 7) is -0.191. The number of hydrogen-bond donors (Lipinski definition) is 3. The van der Waals surface area contributed by atoms with Crippen molar-refractivity contribution in [2.24, 2.45) is 5.73 Å². The van der Waals surface area contributed by atoms with Crippen LogP contribution >= 0.6 is 11.6 Å². The van der Waals surface area contributed by atoms with E-state index < -0.39 is 6.04 Å². The Labute approximate surface area is 75.4 Å². The van der Waals surface area contributed by atoms with Gasteiger partial charge in [0.05, 0.1) is 12.6 Å². The number of benzene rings is 1. The first-order valence-electron chi connectivity index (χ1n) is 3.50. The van der Waals surface area contributed by atoms with Crippen molar-refractivity contribution in [1.29, 1.82) is 0 Å². The Morgan fingerprint density at radius 2 is 2.17 bits per heavy atom. The van der Waals surface area contributed by atoms with E-state index in [0.29, 0.717) is 10.6 Å². The van der Waals surface area contributed by atoms with Crippen LogP contribution in [0.3, 0.4) is 0 Å². The molecular weight excluding hydrogens is 178 g/mol. The Hall–Kier alpha value is -0.770. The highest BCUT2D eigenvalue weighted by Gasteiger charge is 2.09. The molecule has 12 heavy (non-hydrogen) atoms. The van der Waals surface area contributed by atoms with E-state index in [-0.39, 0.29) is 12.4 Å². The fraction of sp³-hybridized carbons (Fsp3) is 0.250. The van der Waals surface area contributed by atoms with Crippen LogP contribution < -0.4 is 5.73 Å². The summed E-state index contributed by atoms with van der Waals surface area (Å²) in [7, 11) is 0. The first-order chi connectivity index (χ1) is 5.65. The molecule has 0 amide bonds. The molecular formula is C8H10ClNO2. The van der Waals surface area contributed by atoms with Crippen molar-refractivity contribution in [2.45, 2.75) is 6.04 Å². The van der Waals surface area contributed by atoms with Gasteiger partial charge in [0.2, 0.25) is 0 Å². The zero-order chi connectivity index (χ0) is 9.14. The van der Waals surface area contributed by atoms with Crippen LogP contribution in [0.4, 0.5) is 0 Å². The maximum absolute atomic E-state index is 9.09. The number of halogens is 1. The largest absolute Gasteiger partial charge is 0.508 e. The molecule has 0 aliphatic rings. The fourth-order valence-electron chi connectivity index (χ4n) is 0.914. The lowest BCUT2D eigenvalue weighted by atomic mass is 10.1. The molecule has 1 aromatic carbocycles. The highest BCUT2D eigenvalue weighted by molar-refractivity contribution is 6.31. The summed E-state index contributed by atoms with van der Waals surface area (Å²) in [5, 5.41) is 18.3. The standard InChI is InChI=1S/C8H10ClNO2/c9-7-2-1-5(12)3-6(7)8(10)4-11/h1-3,8,11-12H,4,10H2. The summed E-state index contributed by atoms with van der Waals surface area (Å²) in [4.78, 5) is 0. The van der Waals surface area contributed by atoms with Gasteiger partial charge < -0.3 is 15.9 Å². The predicted octanol–water partition coefficient (Wildman–Crippen LogP) is 1.04. The lowest BCUT2D eigenvalue weighted by Crippen LogP contribution is -2.14. The Kier molecular flexibility index (Phi) is 2.92. The minimum atomic E-state index is -0.537. The van der Waals surface area contributed by atoms with E-state index in [1.807, 2.05) is 0 Å². The summed E-state index contributed by atoms with van der Waals surface area (Å²) in [6.07, 6.45) is 0. The minimum absolute atomic E-state index is 0.0956. The van der Waals surface area contributed by atoms with Crippen molar-refractivity contribution >= 4 is 11.6 Å². The number of aromatic hydroxyl groups is 1. The van der Waals surface area contributed by atoms with Crippen molar-refractivity contribution in [3.8, 4) is 5.75 Å². The SMILES string of the molecule is NC(CO)c1cc(O)ccc1Cl. The van der Waals surface area contributed by atoms with Gasteiger partial charge in [0.15, 0.2) is 0 Å². The summed E-state index contributed by atoms with van der Waals surface area (Å²) in [5.41, 5.74) is 6.07. The average Bonchev–Trinajstić information content (AvgIpc) is 2.08. The molecule has 1 unspecified atom stereocenters. The van der Waals surface area contributed by atoms with Crippen LogP contribution in [0.2, 0.25) is 5.02 Å². The topological polar surface area (TPSA) is 66.5 Å². The molecule has 0 fully saturated rings. The third-order valence-electron chi connectivity index (χ3n) is 1.58. The van der Waals surface area contributed by atoms with E-state index in [1.54, 1.807) is 6.07 Å². The number of rotatable bonds is 2. The summed E-state index contributed by atoms with van der Waals surface area (Å²) < 4.78 is 0. The molecule has 0 radical (unpaired) electrons. The molecule has 0 saturated carbocycles. The van der Waals surface area contributed by atoms with Crippen LogP contribution in [-0.4, -0.2) is 16.8 Å². The number of hydrogen-bond acceptors (Lipinski definition) is 3. The molecule has 0 aromatic heterocycles. The van der Waals surface area contributed by atoms with Gasteiger partial charge in [0, 0.05) is 5.02 Å². The number of aliphatic hydroxyl groups excluding tert-OH is 1. The van der Waals surface area contributed by atoms with Crippen LogP contribution in [0.1, 0.15) is 11.6 Å². The zero-order valence-corrected chi connectivity index (χ0v) is 7.12. The maximum atomic E-state index is 9.09. The minimum Gasteiger partial charge on any atom is -0.508 e. The zero-order valence-electron chi connectivity index (χ0n) is 6.37. The molecule has 1 rings (SSSR count). The molecule has 1 atom stereocenters. The van der Waals surface area contributed by atoms with Gasteiger partial charge in [0.25, 0.3) is 0 Å². The molecule has 0 aliphatic carbocycles. The van der Waals surface area contributed by atoms with Gasteiger partial charge in [-0.15, -0.1) is 0 Å². The van der Waals surface area contributed by atoms with Gasteiger partial charge in [-0.25, -0.2) is 0 Å². The van der Waals surface area contributed by atoms with Gasteiger partial charge in [-0.3, -0.25) is 0 Å². The molecule has 0 heterocycles. The van der Waals surface area contributed by atoms with Crippen LogP contribution in [-0.2, 0) is 0 Å². The first kappa shape index (κ1) is 9.32. The third-order valence-corrected chi connectivity index (χ3v) is 1.92. The Balaban J connectivity index is 3.04. The molecule has 0 saturated heterocycles. The van der Waals surface area contributed by atoms with E-state index in [4.69, 9.17) is 27.5 Å². The second-order valence-electron chi connectivity index (χ2n) is 2.49. The van der Waals surface area contributed by atoms with Gasteiger partial charge in [-0.2, -0.15) is 0 Å². The highest BCUT2D eigenvalue weighted by atomic mass is 35.5. The van der Waals surface area contributed by atoms with Gasteiger partial charge in [-0.05, 0) is 23.8 Å². The predicted molar refractivity (Wildman–Crippen MR) is 47.1 cm³/mol. The number of phenolic OH excluding ortho intramolecular Hbond substituents is 1. The average molecular weight is 188 g/mol. The molecule has 4 N–H and O–H groups in total. The van der Waals surface area contributed by atoms with Crippen molar-refractivity contribution in [2.75, 3.05) is 6.61 Å². The number of aliphatic hydroxyl groups is 1. The van der Waals surface area contributed by atoms with Crippen LogP contribution in [0.15, 0.2) is 18.2 Å². The highest BCUT2D eigenvalue weighted by Crippen LogP contribution is 2.25. The van der Waals surface area contributed by atoms with E-state index >= 15 is 0 Å². The van der Waals surface area contributed by atoms with Gasteiger partial charge >= 0.3 is 0 Å². The van der Waals surface area contributed by atoms with E-state index in [9.17, 15) is 0 Å². The van der Waals surface area contributed by atoms with Gasteiger partial charge in [0.1, 0.15) is 5.75 Å². The van der Waals surface area contributed by atoms with E-state index in [1.165, 1.54) is 12.1 Å². The van der Waals surface area contributed by atoms with Crippen molar-refractivity contribution in [3.05, 3.63) is 28.8 Å². The van der Waals surface area contributed by atoms with Crippen LogP contribution in [0, 0.1) is 0 Å². The first-order valence-corrected chi connectivity index (χ1v) is 3.88. The summed E-state index contributed by atoms with van der Waals surface area (Å²) in [6, 6.07) is 3.92. The van der Waals surface area contributed by atoms with E-state index in [0.717, 1.165) is 0 Å². The van der Waals surface area contributed by atoms with Crippen LogP contribution in [0.5, 0.6) is 5.75 Å². The van der Waals surface area contributed by atoms with Gasteiger partial charge in [-0.1, -0.05) is 11.6 Å². The van der Waals surface area contributed by atoms with E-state index in [2.05, 4.69) is 0 Å². The Morgan fingerprint density at radius 1 is 1.50 bits per heavy atom. The lowest BCUT2D eigenvalue weighted by Gasteiger charge is -2.10. The molecule has 0 aliphatic heterocycles. The Morgan fingerprint density at radius 3 is 2.75 bits per heavy atom. The molecule has 0 bridgehead atoms. The second-order valence-corrected chi connectivity index (χ2v) is 2.90. The molecule has 4 heteroatoms. The number of phenols is 1. The molecule has 1 aromatic rings. The quantitative estimate of drug-likeness (QED) is 0.648. The molecule has 66 valence electrons. The third kappa shape index (κ3) is 1.88. The normalized spacial score (nSPS) is 12.9. The fourth-order valence-corrected chi connectivity index (χ4v) is 1.17. The van der Waals surface area contributed by atoms with Crippen molar-refractivity contribution in [1.82, 2.24) is 0 Å². The maximum Gasteiger partial charge on any atom is 0.116 e. The lowest BCUT2D eigenvalue weighted by molar-refractivity contribution is 0.268. The monoisotopic (exact) mass is 187 g/mol. The smallest absolute Gasteiger partial charge is 0.116 e. The second kappa shape index (κ2) is 3.76. The Bertz CT molecular complexity index is 278. The van der Waals surface area contributed by atoms with Crippen molar-refractivity contribution in [3.63, 3.8) is 0 Å². The van der Waals surface area contributed by atoms with Crippen molar-refractivity contribution < 1.29 is 10.2 Å². The molecule has 3 nitrogen and oxygen atoms in total. The number of nitrogens with two attached hydrogens (primary N) is 1. The summed E-state index contributed by atoms with van der Waals surface area (Å²) >= 11 is 5.77. The van der Waals surface area contributed by atoms with Crippen LogP contribution in [0.25, 0.3) is 0 Å².